The molecule has 0 aliphatic carbocycles. The lowest BCUT2D eigenvalue weighted by molar-refractivity contribution is 0.805. The van der Waals surface area contributed by atoms with Crippen LogP contribution in [0.4, 0.5) is 5.69 Å². The molecular formula is C17H21N. The maximum Gasteiger partial charge on any atom is 0.0343 e. The summed E-state index contributed by atoms with van der Waals surface area (Å²) in [6.07, 6.45) is 0. The van der Waals surface area contributed by atoms with Crippen molar-refractivity contribution in [1.29, 1.82) is 0 Å². The molecule has 94 valence electrons. The fourth-order valence-corrected chi connectivity index (χ4v) is 2.02. The van der Waals surface area contributed by atoms with Crippen LogP contribution in [0, 0.1) is 13.8 Å². The third-order valence-electron chi connectivity index (χ3n) is 3.49. The van der Waals surface area contributed by atoms with Crippen molar-refractivity contribution in [3.05, 3.63) is 65.2 Å². The van der Waals surface area contributed by atoms with E-state index < -0.39 is 0 Å². The van der Waals surface area contributed by atoms with E-state index in [1.807, 2.05) is 0 Å². The van der Waals surface area contributed by atoms with Gasteiger partial charge in [-0.05, 0) is 48.6 Å². The molecule has 0 spiro atoms. The lowest BCUT2D eigenvalue weighted by Gasteiger charge is -2.14. The molecule has 1 nitrogen and oxygen atoms in total. The Bertz CT molecular complexity index is 502. The van der Waals surface area contributed by atoms with Gasteiger partial charge in [0.05, 0.1) is 0 Å². The van der Waals surface area contributed by atoms with E-state index in [9.17, 15) is 0 Å². The fraction of sp³-hybridized carbons (Fsp3) is 0.294. The van der Waals surface area contributed by atoms with E-state index in [2.05, 4.69) is 74.6 Å². The first-order chi connectivity index (χ1) is 8.66. The smallest absolute Gasteiger partial charge is 0.0343 e. The van der Waals surface area contributed by atoms with Gasteiger partial charge in [0.15, 0.2) is 0 Å². The third-order valence-corrected chi connectivity index (χ3v) is 3.49. The van der Waals surface area contributed by atoms with Crippen LogP contribution in [0.25, 0.3) is 0 Å². The van der Waals surface area contributed by atoms with Crippen LogP contribution in [0.15, 0.2) is 48.5 Å². The van der Waals surface area contributed by atoms with Gasteiger partial charge in [0, 0.05) is 12.2 Å². The minimum atomic E-state index is 0.521. The van der Waals surface area contributed by atoms with Gasteiger partial charge in [-0.25, -0.2) is 0 Å². The Morgan fingerprint density at radius 2 is 1.67 bits per heavy atom. The third kappa shape index (κ3) is 3.13. The second-order valence-corrected chi connectivity index (χ2v) is 4.99. The summed E-state index contributed by atoms with van der Waals surface area (Å²) >= 11 is 0. The van der Waals surface area contributed by atoms with Gasteiger partial charge in [-0.3, -0.25) is 0 Å². The molecule has 18 heavy (non-hydrogen) atoms. The maximum absolute atomic E-state index is 3.51. The predicted molar refractivity (Wildman–Crippen MR) is 79.3 cm³/mol. The first-order valence-electron chi connectivity index (χ1n) is 6.53. The molecule has 0 saturated heterocycles. The highest BCUT2D eigenvalue weighted by atomic mass is 14.9. The first kappa shape index (κ1) is 12.7. The number of aryl methyl sites for hydroxylation is 2. The van der Waals surface area contributed by atoms with Gasteiger partial charge in [-0.1, -0.05) is 43.3 Å². The van der Waals surface area contributed by atoms with Gasteiger partial charge in [-0.15, -0.1) is 0 Å². The molecule has 1 N–H and O–H groups in total. The molecule has 0 saturated carbocycles. The Morgan fingerprint density at radius 3 is 2.33 bits per heavy atom. The Balaban J connectivity index is 1.97. The zero-order chi connectivity index (χ0) is 13.0. The van der Waals surface area contributed by atoms with Crippen LogP contribution >= 0.6 is 0 Å². The van der Waals surface area contributed by atoms with Gasteiger partial charge < -0.3 is 5.32 Å². The van der Waals surface area contributed by atoms with E-state index in [0.29, 0.717) is 5.92 Å². The van der Waals surface area contributed by atoms with Gasteiger partial charge in [0.25, 0.3) is 0 Å². The molecule has 0 bridgehead atoms. The van der Waals surface area contributed by atoms with Crippen LogP contribution in [-0.4, -0.2) is 6.54 Å². The van der Waals surface area contributed by atoms with Crippen LogP contribution in [0.3, 0.4) is 0 Å². The molecule has 0 aliphatic heterocycles. The van der Waals surface area contributed by atoms with E-state index in [4.69, 9.17) is 0 Å². The van der Waals surface area contributed by atoms with Crippen LogP contribution in [-0.2, 0) is 0 Å². The Labute approximate surface area is 110 Å². The van der Waals surface area contributed by atoms with Gasteiger partial charge in [-0.2, -0.15) is 0 Å². The molecule has 1 atom stereocenters. The molecular weight excluding hydrogens is 218 g/mol. The summed E-state index contributed by atoms with van der Waals surface area (Å²) in [5, 5.41) is 3.51. The van der Waals surface area contributed by atoms with E-state index in [-0.39, 0.29) is 0 Å². The largest absolute Gasteiger partial charge is 0.384 e. The topological polar surface area (TPSA) is 12.0 Å². The summed E-state index contributed by atoms with van der Waals surface area (Å²) < 4.78 is 0. The molecule has 0 aliphatic rings. The normalized spacial score (nSPS) is 12.2. The molecule has 1 heteroatoms. The molecule has 2 aromatic carbocycles. The second kappa shape index (κ2) is 5.72. The molecule has 0 radical (unpaired) electrons. The van der Waals surface area contributed by atoms with Crippen LogP contribution in [0.5, 0.6) is 0 Å². The van der Waals surface area contributed by atoms with Crippen molar-refractivity contribution in [3.63, 3.8) is 0 Å². The summed E-state index contributed by atoms with van der Waals surface area (Å²) in [6.45, 7) is 7.52. The van der Waals surface area contributed by atoms with Crippen molar-refractivity contribution >= 4 is 5.69 Å². The summed E-state index contributed by atoms with van der Waals surface area (Å²) in [5.74, 6) is 0.521. The molecule has 0 fully saturated rings. The number of hydrogen-bond acceptors (Lipinski definition) is 1. The maximum atomic E-state index is 3.51. The lowest BCUT2D eigenvalue weighted by Crippen LogP contribution is -2.09. The summed E-state index contributed by atoms with van der Waals surface area (Å²) in [7, 11) is 0. The zero-order valence-electron chi connectivity index (χ0n) is 11.4. The highest BCUT2D eigenvalue weighted by Crippen LogP contribution is 2.18. The van der Waals surface area contributed by atoms with Crippen molar-refractivity contribution in [2.75, 3.05) is 11.9 Å². The Hall–Kier alpha value is -1.76. The minimum absolute atomic E-state index is 0.521. The number of hydrogen-bond donors (Lipinski definition) is 1. The van der Waals surface area contributed by atoms with Crippen LogP contribution in [0.1, 0.15) is 29.5 Å². The van der Waals surface area contributed by atoms with Crippen molar-refractivity contribution in [2.24, 2.45) is 0 Å². The van der Waals surface area contributed by atoms with Crippen molar-refractivity contribution in [1.82, 2.24) is 0 Å². The minimum Gasteiger partial charge on any atom is -0.384 e. The van der Waals surface area contributed by atoms with E-state index in [1.54, 1.807) is 0 Å². The quantitative estimate of drug-likeness (QED) is 0.827. The monoisotopic (exact) mass is 239 g/mol. The zero-order valence-corrected chi connectivity index (χ0v) is 11.4. The van der Waals surface area contributed by atoms with Crippen LogP contribution < -0.4 is 5.32 Å². The summed E-state index contributed by atoms with van der Waals surface area (Å²) in [6, 6.07) is 17.2. The predicted octanol–water partition coefficient (Wildman–Crippen LogP) is 4.52. The summed E-state index contributed by atoms with van der Waals surface area (Å²) in [5.41, 5.74) is 5.28. The van der Waals surface area contributed by atoms with Crippen molar-refractivity contribution in [2.45, 2.75) is 26.7 Å². The number of rotatable bonds is 4. The SMILES string of the molecule is Cc1ccc(NCC(C)c2ccccc2)cc1C. The highest BCUT2D eigenvalue weighted by Gasteiger charge is 2.04. The summed E-state index contributed by atoms with van der Waals surface area (Å²) in [4.78, 5) is 0. The number of anilines is 1. The van der Waals surface area contributed by atoms with Gasteiger partial charge >= 0.3 is 0 Å². The molecule has 1 unspecified atom stereocenters. The first-order valence-corrected chi connectivity index (χ1v) is 6.53. The van der Waals surface area contributed by atoms with Crippen LogP contribution in [0.2, 0.25) is 0 Å². The molecule has 2 aromatic rings. The van der Waals surface area contributed by atoms with Crippen molar-refractivity contribution in [3.8, 4) is 0 Å². The van der Waals surface area contributed by atoms with Gasteiger partial charge in [0.2, 0.25) is 0 Å². The molecule has 2 rings (SSSR count). The number of nitrogens with one attached hydrogen (secondary N) is 1. The Morgan fingerprint density at radius 1 is 0.944 bits per heavy atom. The average Bonchev–Trinajstić information content (AvgIpc) is 2.41. The highest BCUT2D eigenvalue weighted by molar-refractivity contribution is 5.48. The average molecular weight is 239 g/mol. The standard InChI is InChI=1S/C17H21N/c1-13-9-10-17(11-14(13)2)18-12-15(3)16-7-5-4-6-8-16/h4-11,15,18H,12H2,1-3H3. The van der Waals surface area contributed by atoms with E-state index >= 15 is 0 Å². The second-order valence-electron chi connectivity index (χ2n) is 4.99. The molecule has 0 heterocycles. The molecule has 0 amide bonds. The van der Waals surface area contributed by atoms with Gasteiger partial charge in [0.1, 0.15) is 0 Å². The number of benzene rings is 2. The van der Waals surface area contributed by atoms with E-state index in [0.717, 1.165) is 6.54 Å². The molecule has 0 aromatic heterocycles. The fourth-order valence-electron chi connectivity index (χ4n) is 2.02. The van der Waals surface area contributed by atoms with E-state index in [1.165, 1.54) is 22.4 Å². The lowest BCUT2D eigenvalue weighted by atomic mass is 10.0. The Kier molecular flexibility index (Phi) is 4.03. The van der Waals surface area contributed by atoms with Crippen molar-refractivity contribution < 1.29 is 0 Å².